The second kappa shape index (κ2) is 4.71. The summed E-state index contributed by atoms with van der Waals surface area (Å²) >= 11 is 0. The van der Waals surface area contributed by atoms with Crippen molar-refractivity contribution in [1.82, 2.24) is 10.9 Å². The van der Waals surface area contributed by atoms with Gasteiger partial charge in [0.1, 0.15) is 6.54 Å². The van der Waals surface area contributed by atoms with Gasteiger partial charge >= 0.3 is 0 Å². The number of Topliss-reactive ketones (excluding diaryl/α,β-unsaturated/α-hetero) is 1. The lowest BCUT2D eigenvalue weighted by molar-refractivity contribution is -0.115. The minimum Gasteiger partial charge on any atom is -0.298 e. The molecule has 0 radical (unpaired) electrons. The van der Waals surface area contributed by atoms with E-state index >= 15 is 0 Å². The van der Waals surface area contributed by atoms with E-state index in [0.29, 0.717) is 0 Å². The van der Waals surface area contributed by atoms with Crippen LogP contribution in [-0.2, 0) is 4.79 Å². The first-order chi connectivity index (χ1) is 4.70. The number of nitrogens with zero attached hydrogens (tertiary/aromatic N) is 1. The Labute approximate surface area is 58.6 Å². The first-order valence-electron chi connectivity index (χ1n) is 2.67. The fraction of sp³-hybridized carbons (Fsp3) is 0.500. The van der Waals surface area contributed by atoms with Crippen LogP contribution >= 0.6 is 0 Å². The van der Waals surface area contributed by atoms with Gasteiger partial charge in [-0.3, -0.25) is 15.6 Å². The minimum absolute atomic E-state index is 0.0528. The molecule has 0 saturated carbocycles. The molecule has 6 nitrogen and oxygen atoms in total. The summed E-state index contributed by atoms with van der Waals surface area (Å²) in [6.45, 7) is 1.50. The Bertz CT molecular complexity index is 137. The Morgan fingerprint density at radius 1 is 1.50 bits per heavy atom. The monoisotopic (exact) mass is 145 g/mol. The van der Waals surface area contributed by atoms with E-state index in [0.717, 1.165) is 0 Å². The number of aliphatic imine (C=N–C) groups is 1. The molecule has 0 rings (SSSR count). The maximum Gasteiger partial charge on any atom is 0.220 e. The normalized spacial score (nSPS) is 8.30. The molecule has 0 aromatic rings. The average molecular weight is 145 g/mol. The lowest BCUT2D eigenvalue weighted by atomic mass is 10.5. The summed E-state index contributed by atoms with van der Waals surface area (Å²) in [4.78, 5) is 14.0. The van der Waals surface area contributed by atoms with Gasteiger partial charge in [-0.2, -0.15) is 0 Å². The molecule has 58 valence electrons. The number of carbonyl (C=O) groups is 1. The molecule has 0 atom stereocenters. The molecule has 0 fully saturated rings. The molecule has 0 unspecified atom stereocenters. The molecule has 0 saturated heterocycles. The van der Waals surface area contributed by atoms with E-state index in [1.807, 2.05) is 0 Å². The molecule has 0 aliphatic heterocycles. The van der Waals surface area contributed by atoms with Crippen molar-refractivity contribution >= 4 is 11.7 Å². The van der Waals surface area contributed by atoms with Crippen molar-refractivity contribution in [3.8, 4) is 0 Å². The first-order valence-corrected chi connectivity index (χ1v) is 2.67. The molecule has 0 spiro atoms. The predicted molar refractivity (Wildman–Crippen MR) is 37.6 cm³/mol. The molecule has 0 heterocycles. The van der Waals surface area contributed by atoms with E-state index in [-0.39, 0.29) is 18.3 Å². The van der Waals surface area contributed by atoms with Crippen molar-refractivity contribution in [2.75, 3.05) is 6.54 Å². The number of hydrogen-bond donors (Lipinski definition) is 4. The van der Waals surface area contributed by atoms with Crippen LogP contribution in [0.3, 0.4) is 0 Å². The van der Waals surface area contributed by atoms with Crippen LogP contribution in [0.4, 0.5) is 0 Å². The van der Waals surface area contributed by atoms with Gasteiger partial charge < -0.3 is 0 Å². The van der Waals surface area contributed by atoms with E-state index in [1.165, 1.54) is 6.92 Å². The lowest BCUT2D eigenvalue weighted by Crippen LogP contribution is -2.45. The first kappa shape index (κ1) is 8.86. The van der Waals surface area contributed by atoms with E-state index < -0.39 is 0 Å². The second-order valence-electron chi connectivity index (χ2n) is 1.66. The van der Waals surface area contributed by atoms with Crippen molar-refractivity contribution in [1.29, 1.82) is 0 Å². The number of nitrogens with one attached hydrogen (secondary N) is 2. The van der Waals surface area contributed by atoms with Gasteiger partial charge in [0.2, 0.25) is 5.96 Å². The molecule has 0 bridgehead atoms. The molecule has 6 N–H and O–H groups in total. The number of hydrogen-bond acceptors (Lipinski definition) is 4. The largest absolute Gasteiger partial charge is 0.298 e. The molecule has 0 aliphatic carbocycles. The molecule has 0 aromatic carbocycles. The summed E-state index contributed by atoms with van der Waals surface area (Å²) < 4.78 is 0. The fourth-order valence-electron chi connectivity index (χ4n) is 0.323. The number of ketones is 1. The summed E-state index contributed by atoms with van der Waals surface area (Å²) in [5.41, 5.74) is 4.34. The van der Waals surface area contributed by atoms with Crippen LogP contribution in [0.15, 0.2) is 4.99 Å². The van der Waals surface area contributed by atoms with Gasteiger partial charge in [-0.1, -0.05) is 0 Å². The van der Waals surface area contributed by atoms with Crippen LogP contribution in [0, 0.1) is 0 Å². The third kappa shape index (κ3) is 3.81. The highest BCUT2D eigenvalue weighted by Crippen LogP contribution is 1.71. The topological polar surface area (TPSA) is 106 Å². The lowest BCUT2D eigenvalue weighted by Gasteiger charge is -2.01. The standard InChI is InChI=1S/C4H11N5O/c1-3(10)2-7-4(8-5)9-6/h2,5-6H2,1H3,(H2,7,8,9). The van der Waals surface area contributed by atoms with Crippen LogP contribution in [0.2, 0.25) is 0 Å². The van der Waals surface area contributed by atoms with E-state index in [9.17, 15) is 4.79 Å². The van der Waals surface area contributed by atoms with Crippen molar-refractivity contribution in [3.63, 3.8) is 0 Å². The Balaban J connectivity index is 3.74. The zero-order valence-corrected chi connectivity index (χ0v) is 5.72. The number of hydrazine groups is 2. The zero-order valence-electron chi connectivity index (χ0n) is 5.72. The minimum atomic E-state index is -0.0528. The smallest absolute Gasteiger partial charge is 0.220 e. The SMILES string of the molecule is CC(=O)CN=C(NN)NN. The summed E-state index contributed by atoms with van der Waals surface area (Å²) in [6.07, 6.45) is 0. The maximum absolute atomic E-state index is 10.3. The van der Waals surface area contributed by atoms with Gasteiger partial charge in [0, 0.05) is 0 Å². The van der Waals surface area contributed by atoms with Gasteiger partial charge in [-0.25, -0.2) is 16.7 Å². The Hall–Kier alpha value is -1.14. The van der Waals surface area contributed by atoms with Crippen LogP contribution in [0.5, 0.6) is 0 Å². The van der Waals surface area contributed by atoms with Crippen molar-refractivity contribution in [3.05, 3.63) is 0 Å². The predicted octanol–water partition coefficient (Wildman–Crippen LogP) is -2.14. The van der Waals surface area contributed by atoms with Crippen LogP contribution in [0.25, 0.3) is 0 Å². The molecule has 0 aromatic heterocycles. The van der Waals surface area contributed by atoms with Crippen molar-refractivity contribution in [2.24, 2.45) is 16.7 Å². The summed E-state index contributed by atoms with van der Waals surface area (Å²) in [7, 11) is 0. The Kier molecular flexibility index (Phi) is 4.17. The summed E-state index contributed by atoms with van der Waals surface area (Å²) in [5, 5.41) is 0. The van der Waals surface area contributed by atoms with Gasteiger partial charge in [0.05, 0.1) is 0 Å². The van der Waals surface area contributed by atoms with E-state index in [1.54, 1.807) is 0 Å². The number of rotatable bonds is 2. The highest BCUT2D eigenvalue weighted by Gasteiger charge is 1.91. The number of nitrogens with two attached hydrogens (primary N) is 2. The van der Waals surface area contributed by atoms with Gasteiger partial charge in [0.15, 0.2) is 5.78 Å². The van der Waals surface area contributed by atoms with Crippen LogP contribution < -0.4 is 22.5 Å². The number of guanidine groups is 1. The fourth-order valence-corrected chi connectivity index (χ4v) is 0.323. The van der Waals surface area contributed by atoms with Crippen molar-refractivity contribution in [2.45, 2.75) is 6.92 Å². The van der Waals surface area contributed by atoms with Crippen LogP contribution in [-0.4, -0.2) is 18.3 Å². The average Bonchev–Trinajstić information content (AvgIpc) is 1.90. The molecular weight excluding hydrogens is 134 g/mol. The molecule has 10 heavy (non-hydrogen) atoms. The molecule has 6 heteroatoms. The molecular formula is C4H11N5O. The van der Waals surface area contributed by atoms with Crippen molar-refractivity contribution < 1.29 is 4.79 Å². The maximum atomic E-state index is 10.3. The summed E-state index contributed by atoms with van der Waals surface area (Å²) in [5.74, 6) is 10.0. The third-order valence-corrected chi connectivity index (χ3v) is 0.733. The second-order valence-corrected chi connectivity index (χ2v) is 1.66. The number of carbonyl (C=O) groups excluding carboxylic acids is 1. The van der Waals surface area contributed by atoms with Gasteiger partial charge in [0.25, 0.3) is 0 Å². The molecule has 0 amide bonds. The van der Waals surface area contributed by atoms with Gasteiger partial charge in [-0.15, -0.1) is 0 Å². The zero-order chi connectivity index (χ0) is 7.98. The molecule has 0 aliphatic rings. The highest BCUT2D eigenvalue weighted by molar-refractivity contribution is 5.84. The highest BCUT2D eigenvalue weighted by atomic mass is 16.1. The summed E-state index contributed by atoms with van der Waals surface area (Å²) in [6, 6.07) is 0. The van der Waals surface area contributed by atoms with E-state index in [2.05, 4.69) is 15.8 Å². The Morgan fingerprint density at radius 3 is 2.30 bits per heavy atom. The Morgan fingerprint density at radius 2 is 2.00 bits per heavy atom. The third-order valence-electron chi connectivity index (χ3n) is 0.733. The van der Waals surface area contributed by atoms with Crippen LogP contribution in [0.1, 0.15) is 6.92 Å². The quantitative estimate of drug-likeness (QED) is 0.153. The van der Waals surface area contributed by atoms with Gasteiger partial charge in [-0.05, 0) is 6.92 Å². The van der Waals surface area contributed by atoms with E-state index in [4.69, 9.17) is 11.7 Å².